The Hall–Kier alpha value is -3.88. The number of likely N-dealkylation sites (tertiary alicyclic amines) is 1. The highest BCUT2D eigenvalue weighted by molar-refractivity contribution is 5.95. The summed E-state index contributed by atoms with van der Waals surface area (Å²) in [6, 6.07) is 13.5. The minimum Gasteiger partial charge on any atom is -0.497 e. The molecule has 0 spiro atoms. The van der Waals surface area contributed by atoms with Crippen molar-refractivity contribution in [2.75, 3.05) is 20.2 Å². The highest BCUT2D eigenvalue weighted by Gasteiger charge is 2.32. The van der Waals surface area contributed by atoms with Gasteiger partial charge in [0, 0.05) is 25.6 Å². The maximum atomic E-state index is 13.3. The van der Waals surface area contributed by atoms with Crippen molar-refractivity contribution in [2.24, 2.45) is 0 Å². The van der Waals surface area contributed by atoms with Crippen molar-refractivity contribution in [1.82, 2.24) is 20.0 Å². The Balaban J connectivity index is 1.57. The first-order valence-corrected chi connectivity index (χ1v) is 12.4. The van der Waals surface area contributed by atoms with E-state index in [4.69, 9.17) is 9.47 Å². The summed E-state index contributed by atoms with van der Waals surface area (Å²) in [6.07, 6.45) is 2.59. The van der Waals surface area contributed by atoms with Gasteiger partial charge in [-0.05, 0) is 75.6 Å². The van der Waals surface area contributed by atoms with Crippen LogP contribution in [0.2, 0.25) is 0 Å². The van der Waals surface area contributed by atoms with Gasteiger partial charge in [-0.15, -0.1) is 0 Å². The highest BCUT2D eigenvalue weighted by atomic mass is 19.1. The van der Waals surface area contributed by atoms with Crippen LogP contribution in [0.1, 0.15) is 61.1 Å². The largest absolute Gasteiger partial charge is 0.497 e. The fourth-order valence-corrected chi connectivity index (χ4v) is 4.40. The van der Waals surface area contributed by atoms with Crippen molar-refractivity contribution < 1.29 is 23.5 Å². The number of ether oxygens (including phenoxy) is 2. The van der Waals surface area contributed by atoms with Gasteiger partial charge in [0.1, 0.15) is 17.2 Å². The number of benzene rings is 2. The lowest BCUT2D eigenvalue weighted by atomic mass is 9.90. The van der Waals surface area contributed by atoms with E-state index < -0.39 is 5.60 Å². The molecule has 1 aliphatic heterocycles. The number of amides is 2. The van der Waals surface area contributed by atoms with Gasteiger partial charge in [0.05, 0.1) is 30.3 Å². The Kier molecular flexibility index (Phi) is 7.80. The highest BCUT2D eigenvalue weighted by Crippen LogP contribution is 2.33. The molecule has 8 nitrogen and oxygen atoms in total. The number of carbonyl (C=O) groups is 2. The lowest BCUT2D eigenvalue weighted by Crippen LogP contribution is -2.41. The molecule has 0 aliphatic carbocycles. The van der Waals surface area contributed by atoms with Crippen LogP contribution < -0.4 is 10.1 Å². The fourth-order valence-electron chi connectivity index (χ4n) is 4.40. The molecular weight excluding hydrogens is 475 g/mol. The Bertz CT molecular complexity index is 1220. The Morgan fingerprint density at radius 1 is 1.05 bits per heavy atom. The maximum absolute atomic E-state index is 13.3. The van der Waals surface area contributed by atoms with Crippen LogP contribution in [0.3, 0.4) is 0 Å². The van der Waals surface area contributed by atoms with Crippen LogP contribution in [0.25, 0.3) is 5.69 Å². The summed E-state index contributed by atoms with van der Waals surface area (Å²) in [5.74, 6) is 0.153. The predicted octanol–water partition coefficient (Wildman–Crippen LogP) is 5.06. The molecule has 1 fully saturated rings. The topological polar surface area (TPSA) is 85.7 Å². The van der Waals surface area contributed by atoms with E-state index in [1.807, 2.05) is 45.0 Å². The summed E-state index contributed by atoms with van der Waals surface area (Å²) in [5.41, 5.74) is 2.32. The number of hydrogen-bond acceptors (Lipinski definition) is 5. The van der Waals surface area contributed by atoms with Crippen molar-refractivity contribution in [3.8, 4) is 11.4 Å². The number of rotatable bonds is 6. The molecule has 1 aliphatic rings. The van der Waals surface area contributed by atoms with Crippen molar-refractivity contribution >= 4 is 12.0 Å². The minimum absolute atomic E-state index is 0.00913. The third kappa shape index (κ3) is 6.47. The molecule has 0 atom stereocenters. The van der Waals surface area contributed by atoms with Crippen LogP contribution in [-0.2, 0) is 11.3 Å². The summed E-state index contributed by atoms with van der Waals surface area (Å²) in [4.78, 5) is 27.6. The van der Waals surface area contributed by atoms with Crippen molar-refractivity contribution in [1.29, 1.82) is 0 Å². The number of halogens is 1. The molecule has 1 saturated heterocycles. The third-order valence-corrected chi connectivity index (χ3v) is 6.27. The van der Waals surface area contributed by atoms with Crippen LogP contribution in [0.5, 0.6) is 5.75 Å². The van der Waals surface area contributed by atoms with E-state index in [1.165, 1.54) is 12.1 Å². The quantitative estimate of drug-likeness (QED) is 0.503. The normalized spacial score (nSPS) is 14.4. The van der Waals surface area contributed by atoms with Crippen LogP contribution in [0.4, 0.5) is 9.18 Å². The molecule has 37 heavy (non-hydrogen) atoms. The summed E-state index contributed by atoms with van der Waals surface area (Å²) < 4.78 is 25.8. The first-order valence-electron chi connectivity index (χ1n) is 12.4. The molecule has 0 saturated carbocycles. The molecule has 0 bridgehead atoms. The summed E-state index contributed by atoms with van der Waals surface area (Å²) in [6.45, 7) is 6.85. The Morgan fingerprint density at radius 2 is 1.70 bits per heavy atom. The number of hydrogen-bond donors (Lipinski definition) is 1. The SMILES string of the molecule is COc1ccc(-n2ncc(C(=O)NCc3ccc(F)cc3)c2C2CCN(C(=O)OC(C)(C)C)CC2)cc1. The van der Waals surface area contributed by atoms with E-state index in [0.29, 0.717) is 31.5 Å². The fraction of sp³-hybridized carbons (Fsp3) is 0.393. The van der Waals surface area contributed by atoms with Crippen molar-refractivity contribution in [3.63, 3.8) is 0 Å². The van der Waals surface area contributed by atoms with E-state index in [9.17, 15) is 14.0 Å². The molecule has 2 amide bonds. The molecule has 0 unspecified atom stereocenters. The van der Waals surface area contributed by atoms with Crippen LogP contribution in [0, 0.1) is 5.82 Å². The van der Waals surface area contributed by atoms with Crippen molar-refractivity contribution in [3.05, 3.63) is 77.4 Å². The zero-order valence-electron chi connectivity index (χ0n) is 21.7. The molecule has 3 aromatic rings. The predicted molar refractivity (Wildman–Crippen MR) is 137 cm³/mol. The van der Waals surface area contributed by atoms with Gasteiger partial charge in [0.15, 0.2) is 0 Å². The van der Waals surface area contributed by atoms with Gasteiger partial charge in [-0.3, -0.25) is 4.79 Å². The zero-order valence-corrected chi connectivity index (χ0v) is 21.7. The number of nitrogens with zero attached hydrogens (tertiary/aromatic N) is 3. The third-order valence-electron chi connectivity index (χ3n) is 6.27. The number of piperidine rings is 1. The van der Waals surface area contributed by atoms with Crippen LogP contribution >= 0.6 is 0 Å². The van der Waals surface area contributed by atoms with Gasteiger partial charge in [-0.25, -0.2) is 13.9 Å². The molecule has 9 heteroatoms. The molecule has 1 N–H and O–H groups in total. The number of aromatic nitrogens is 2. The Morgan fingerprint density at radius 3 is 2.30 bits per heavy atom. The van der Waals surface area contributed by atoms with Crippen molar-refractivity contribution in [2.45, 2.75) is 51.7 Å². The summed E-state index contributed by atoms with van der Waals surface area (Å²) in [5, 5.41) is 7.50. The van der Waals surface area contributed by atoms with E-state index in [-0.39, 0.29) is 30.3 Å². The lowest BCUT2D eigenvalue weighted by molar-refractivity contribution is 0.0203. The molecular formula is C28H33FN4O4. The smallest absolute Gasteiger partial charge is 0.410 e. The molecule has 2 heterocycles. The minimum atomic E-state index is -0.559. The van der Waals surface area contributed by atoms with E-state index in [2.05, 4.69) is 10.4 Å². The molecule has 4 rings (SSSR count). The number of carbonyl (C=O) groups excluding carboxylic acids is 2. The lowest BCUT2D eigenvalue weighted by Gasteiger charge is -2.34. The Labute approximate surface area is 216 Å². The number of nitrogens with one attached hydrogen (secondary N) is 1. The first-order chi connectivity index (χ1) is 17.6. The monoisotopic (exact) mass is 508 g/mol. The zero-order chi connectivity index (χ0) is 26.6. The molecule has 2 aromatic carbocycles. The van der Waals surface area contributed by atoms with Crippen LogP contribution in [-0.4, -0.2) is 52.5 Å². The number of methoxy groups -OCH3 is 1. The van der Waals surface area contributed by atoms with E-state index in [0.717, 1.165) is 22.7 Å². The molecule has 1 aromatic heterocycles. The van der Waals surface area contributed by atoms with Crippen LogP contribution in [0.15, 0.2) is 54.7 Å². The van der Waals surface area contributed by atoms with Gasteiger partial charge in [0.2, 0.25) is 0 Å². The van der Waals surface area contributed by atoms with Gasteiger partial charge < -0.3 is 19.7 Å². The summed E-state index contributed by atoms with van der Waals surface area (Å²) in [7, 11) is 1.61. The molecule has 0 radical (unpaired) electrons. The summed E-state index contributed by atoms with van der Waals surface area (Å²) >= 11 is 0. The second-order valence-electron chi connectivity index (χ2n) is 10.1. The van der Waals surface area contributed by atoms with Gasteiger partial charge >= 0.3 is 6.09 Å². The maximum Gasteiger partial charge on any atom is 0.410 e. The van der Waals surface area contributed by atoms with E-state index in [1.54, 1.807) is 35.0 Å². The van der Waals surface area contributed by atoms with Gasteiger partial charge in [-0.2, -0.15) is 5.10 Å². The standard InChI is InChI=1S/C28H33FN4O4/c1-28(2,3)37-27(35)32-15-13-20(14-16-32)25-24(26(34)30-17-19-5-7-21(29)8-6-19)18-31-33(25)22-9-11-23(36-4)12-10-22/h5-12,18,20H,13-17H2,1-4H3,(H,30,34). The second kappa shape index (κ2) is 11.0. The second-order valence-corrected chi connectivity index (χ2v) is 10.1. The van der Waals surface area contributed by atoms with E-state index >= 15 is 0 Å². The average molecular weight is 509 g/mol. The average Bonchev–Trinajstić information content (AvgIpc) is 3.32. The molecule has 196 valence electrons. The first kappa shape index (κ1) is 26.2. The van der Waals surface area contributed by atoms with Gasteiger partial charge in [0.25, 0.3) is 5.91 Å². The van der Waals surface area contributed by atoms with Gasteiger partial charge in [-0.1, -0.05) is 12.1 Å².